The first-order valence-corrected chi connectivity index (χ1v) is 7.39. The fraction of sp³-hybridized carbons (Fsp3) is 0.125. The summed E-state index contributed by atoms with van der Waals surface area (Å²) >= 11 is 3.26. The third-order valence-corrected chi connectivity index (χ3v) is 4.02. The van der Waals surface area contributed by atoms with Gasteiger partial charge in [-0.15, -0.1) is 0 Å². The number of halogens is 2. The van der Waals surface area contributed by atoms with E-state index in [1.807, 2.05) is 6.07 Å². The number of allylic oxidation sites excluding steroid dienone is 1. The third-order valence-electron chi connectivity index (χ3n) is 3.53. The SMILES string of the molecule is Cc1cc2c(c(=O)o1)[C@H](c1cc(Br)ccc1F)C(C#N)=C(N)O2. The summed E-state index contributed by atoms with van der Waals surface area (Å²) in [6, 6.07) is 7.65. The molecule has 0 aliphatic carbocycles. The molecule has 2 heterocycles. The summed E-state index contributed by atoms with van der Waals surface area (Å²) in [5, 5.41) is 9.39. The van der Waals surface area contributed by atoms with E-state index in [1.165, 1.54) is 24.3 Å². The lowest BCUT2D eigenvalue weighted by atomic mass is 9.84. The molecule has 7 heteroatoms. The molecule has 1 aliphatic heterocycles. The lowest BCUT2D eigenvalue weighted by Gasteiger charge is -2.25. The van der Waals surface area contributed by atoms with E-state index in [0.29, 0.717) is 10.2 Å². The topological polar surface area (TPSA) is 89.2 Å². The van der Waals surface area contributed by atoms with Gasteiger partial charge in [0.2, 0.25) is 5.88 Å². The van der Waals surface area contributed by atoms with Gasteiger partial charge in [0.05, 0.1) is 11.5 Å². The van der Waals surface area contributed by atoms with Gasteiger partial charge in [0.1, 0.15) is 29.0 Å². The van der Waals surface area contributed by atoms with E-state index in [0.717, 1.165) is 0 Å². The van der Waals surface area contributed by atoms with Crippen molar-refractivity contribution in [1.82, 2.24) is 0 Å². The Morgan fingerprint density at radius 1 is 1.39 bits per heavy atom. The maximum atomic E-state index is 14.3. The highest BCUT2D eigenvalue weighted by Crippen LogP contribution is 2.41. The fourth-order valence-corrected chi connectivity index (χ4v) is 2.94. The molecule has 1 atom stereocenters. The smallest absolute Gasteiger partial charge is 0.343 e. The molecule has 23 heavy (non-hydrogen) atoms. The highest BCUT2D eigenvalue weighted by atomic mass is 79.9. The first kappa shape index (κ1) is 15.3. The molecule has 116 valence electrons. The number of nitriles is 1. The average Bonchev–Trinajstić information content (AvgIpc) is 2.48. The van der Waals surface area contributed by atoms with E-state index in [2.05, 4.69) is 15.9 Å². The van der Waals surface area contributed by atoms with E-state index < -0.39 is 17.4 Å². The molecule has 0 unspecified atom stereocenters. The van der Waals surface area contributed by atoms with Gasteiger partial charge in [0, 0.05) is 16.1 Å². The minimum absolute atomic E-state index is 0.0364. The standard InChI is InChI=1S/C16H10BrFN2O3/c1-7-4-12-14(16(21)22-7)13(10(6-19)15(20)23-12)9-5-8(17)2-3-11(9)18/h2-5,13H,20H2,1H3/t13-/m1/s1. The monoisotopic (exact) mass is 376 g/mol. The first-order valence-electron chi connectivity index (χ1n) is 6.59. The minimum atomic E-state index is -0.988. The van der Waals surface area contributed by atoms with E-state index in [-0.39, 0.29) is 28.3 Å². The predicted octanol–water partition coefficient (Wildman–Crippen LogP) is 3.07. The third kappa shape index (κ3) is 2.51. The van der Waals surface area contributed by atoms with Crippen LogP contribution in [0.15, 0.2) is 49.4 Å². The summed E-state index contributed by atoms with van der Waals surface area (Å²) in [4.78, 5) is 12.3. The maximum Gasteiger partial charge on any atom is 0.343 e. The number of benzene rings is 1. The summed E-state index contributed by atoms with van der Waals surface area (Å²) in [7, 11) is 0. The van der Waals surface area contributed by atoms with Crippen LogP contribution in [0.5, 0.6) is 5.75 Å². The number of hydrogen-bond donors (Lipinski definition) is 1. The van der Waals surface area contributed by atoms with Crippen molar-refractivity contribution in [2.24, 2.45) is 5.73 Å². The molecule has 0 amide bonds. The number of rotatable bonds is 1. The van der Waals surface area contributed by atoms with Gasteiger partial charge in [-0.25, -0.2) is 9.18 Å². The highest BCUT2D eigenvalue weighted by Gasteiger charge is 2.35. The quantitative estimate of drug-likeness (QED) is 0.825. The van der Waals surface area contributed by atoms with Gasteiger partial charge in [0.15, 0.2) is 0 Å². The molecule has 5 nitrogen and oxygen atoms in total. The van der Waals surface area contributed by atoms with Gasteiger partial charge >= 0.3 is 5.63 Å². The van der Waals surface area contributed by atoms with Crippen LogP contribution < -0.4 is 16.1 Å². The van der Waals surface area contributed by atoms with Crippen LogP contribution in [0.25, 0.3) is 0 Å². The number of nitrogens with zero attached hydrogens (tertiary/aromatic N) is 1. The van der Waals surface area contributed by atoms with Crippen molar-refractivity contribution < 1.29 is 13.5 Å². The summed E-state index contributed by atoms with van der Waals surface area (Å²) in [6.07, 6.45) is 0. The van der Waals surface area contributed by atoms with E-state index in [1.54, 1.807) is 6.92 Å². The van der Waals surface area contributed by atoms with Crippen LogP contribution in [-0.4, -0.2) is 0 Å². The summed E-state index contributed by atoms with van der Waals surface area (Å²) < 4.78 is 25.4. The van der Waals surface area contributed by atoms with Gasteiger partial charge < -0.3 is 14.9 Å². The van der Waals surface area contributed by atoms with Crippen LogP contribution in [-0.2, 0) is 0 Å². The van der Waals surface area contributed by atoms with Gasteiger partial charge in [-0.3, -0.25) is 0 Å². The second-order valence-electron chi connectivity index (χ2n) is 5.01. The van der Waals surface area contributed by atoms with Crippen LogP contribution in [0.2, 0.25) is 0 Å². The van der Waals surface area contributed by atoms with Crippen molar-refractivity contribution in [3.05, 3.63) is 73.3 Å². The Hall–Kier alpha value is -2.59. The van der Waals surface area contributed by atoms with Gasteiger partial charge in [-0.2, -0.15) is 5.26 Å². The molecule has 0 bridgehead atoms. The zero-order valence-electron chi connectivity index (χ0n) is 11.9. The molecule has 0 fully saturated rings. The normalized spacial score (nSPS) is 16.5. The lowest BCUT2D eigenvalue weighted by molar-refractivity contribution is 0.370. The Morgan fingerprint density at radius 3 is 2.83 bits per heavy atom. The van der Waals surface area contributed by atoms with Crippen molar-refractivity contribution >= 4 is 15.9 Å². The van der Waals surface area contributed by atoms with E-state index in [4.69, 9.17) is 14.9 Å². The van der Waals surface area contributed by atoms with Crippen LogP contribution >= 0.6 is 15.9 Å². The van der Waals surface area contributed by atoms with Crippen LogP contribution in [0, 0.1) is 24.1 Å². The summed E-state index contributed by atoms with van der Waals surface area (Å²) in [5.74, 6) is -1.21. The number of aryl methyl sites for hydroxylation is 1. The Morgan fingerprint density at radius 2 is 2.13 bits per heavy atom. The van der Waals surface area contributed by atoms with E-state index >= 15 is 0 Å². The van der Waals surface area contributed by atoms with Crippen molar-refractivity contribution in [1.29, 1.82) is 5.26 Å². The molecule has 1 aromatic carbocycles. The van der Waals surface area contributed by atoms with E-state index in [9.17, 15) is 14.4 Å². The maximum absolute atomic E-state index is 14.3. The van der Waals surface area contributed by atoms with Gasteiger partial charge in [-0.1, -0.05) is 15.9 Å². The van der Waals surface area contributed by atoms with Crippen molar-refractivity contribution in [2.75, 3.05) is 0 Å². The second-order valence-corrected chi connectivity index (χ2v) is 5.93. The van der Waals surface area contributed by atoms with Gasteiger partial charge in [0.25, 0.3) is 0 Å². The Bertz CT molecular complexity index is 943. The zero-order valence-corrected chi connectivity index (χ0v) is 13.5. The predicted molar refractivity (Wildman–Crippen MR) is 83.1 cm³/mol. The Balaban J connectivity index is 2.36. The lowest BCUT2D eigenvalue weighted by Crippen LogP contribution is -2.26. The Labute approximate surface area is 138 Å². The molecule has 0 saturated carbocycles. The molecule has 1 aliphatic rings. The zero-order chi connectivity index (χ0) is 16.7. The van der Waals surface area contributed by atoms with Crippen molar-refractivity contribution in [3.8, 4) is 11.8 Å². The number of nitrogens with two attached hydrogens (primary N) is 1. The molecule has 1 aromatic heterocycles. The van der Waals surface area contributed by atoms with Gasteiger partial charge in [-0.05, 0) is 25.1 Å². The molecule has 2 aromatic rings. The molecule has 0 saturated heterocycles. The van der Waals surface area contributed by atoms with Crippen LogP contribution in [0.4, 0.5) is 4.39 Å². The fourth-order valence-electron chi connectivity index (χ4n) is 2.56. The Kier molecular flexibility index (Phi) is 3.70. The van der Waals surface area contributed by atoms with Crippen LogP contribution in [0.3, 0.4) is 0 Å². The van der Waals surface area contributed by atoms with Crippen LogP contribution in [0.1, 0.15) is 22.8 Å². The van der Waals surface area contributed by atoms with Crippen molar-refractivity contribution in [2.45, 2.75) is 12.8 Å². The largest absolute Gasteiger partial charge is 0.440 e. The summed E-state index contributed by atoms with van der Waals surface area (Å²) in [6.45, 7) is 1.58. The summed E-state index contributed by atoms with van der Waals surface area (Å²) in [5.41, 5.74) is 5.25. The number of ether oxygens (including phenoxy) is 1. The minimum Gasteiger partial charge on any atom is -0.440 e. The molecule has 3 rings (SSSR count). The highest BCUT2D eigenvalue weighted by molar-refractivity contribution is 9.10. The molecular weight excluding hydrogens is 367 g/mol. The molecular formula is C16H10BrFN2O3. The average molecular weight is 377 g/mol. The number of fused-ring (bicyclic) bond motifs is 1. The molecule has 0 spiro atoms. The first-order chi connectivity index (χ1) is 10.9. The molecule has 0 radical (unpaired) electrons. The molecule has 2 N–H and O–H groups in total. The number of hydrogen-bond acceptors (Lipinski definition) is 5. The van der Waals surface area contributed by atoms with Crippen molar-refractivity contribution in [3.63, 3.8) is 0 Å². The second kappa shape index (κ2) is 5.56.